The molecule has 1 heteroatoms. The topological polar surface area (TPSA) is 0 Å². The van der Waals surface area contributed by atoms with Crippen molar-refractivity contribution in [2.75, 3.05) is 0 Å². The van der Waals surface area contributed by atoms with E-state index in [1.807, 2.05) is 6.08 Å². The second-order valence-electron chi connectivity index (χ2n) is 10.3. The molecule has 0 unspecified atom stereocenters. The van der Waals surface area contributed by atoms with Crippen LogP contribution >= 0.6 is 7.92 Å². The smallest absolute Gasteiger partial charge is 0.0144 e. The van der Waals surface area contributed by atoms with Crippen LogP contribution in [0.25, 0.3) is 5.31 Å². The van der Waals surface area contributed by atoms with Crippen LogP contribution in [0.1, 0.15) is 120 Å². The zero-order chi connectivity index (χ0) is 22.2. The van der Waals surface area contributed by atoms with Crippen LogP contribution in [0.3, 0.4) is 0 Å². The van der Waals surface area contributed by atoms with Gasteiger partial charge in [-0.2, -0.15) is 0 Å². The number of hydrogen-bond acceptors (Lipinski definition) is 0. The minimum atomic E-state index is -0.144. The van der Waals surface area contributed by atoms with Crippen LogP contribution in [0.5, 0.6) is 0 Å². The zero-order valence-electron chi connectivity index (χ0n) is 20.6. The first-order chi connectivity index (χ1) is 15.0. The van der Waals surface area contributed by atoms with Gasteiger partial charge in [-0.3, -0.25) is 0 Å². The second kappa shape index (κ2) is 12.2. The summed E-state index contributed by atoms with van der Waals surface area (Å²) in [6.45, 7) is 13.3. The lowest BCUT2D eigenvalue weighted by Gasteiger charge is -2.40. The van der Waals surface area contributed by atoms with E-state index < -0.39 is 0 Å². The summed E-state index contributed by atoms with van der Waals surface area (Å²) in [5, 5.41) is 1.69. The largest absolute Gasteiger partial charge is 0.0991 e. The average molecular weight is 437 g/mol. The summed E-state index contributed by atoms with van der Waals surface area (Å²) in [5.74, 6) is 1.13. The molecule has 0 nitrogen and oxygen atoms in total. The maximum Gasteiger partial charge on any atom is -0.0144 e. The maximum absolute atomic E-state index is 3.92. The standard InChI is InChI=1S/C30H45P/c1-6-7-10-19-30(28-21-20-25(23(2)3)22-29(28)24(4)5)31(26-15-11-8-12-16-26)27-17-13-9-14-18-27/h6-7,10,19-24,26-27H,1,8-9,11-18H2,2-5H3/b10-7-,30-19-. The number of allylic oxidation sites excluding steroid dienone is 4. The second-order valence-corrected chi connectivity index (χ2v) is 13.1. The van der Waals surface area contributed by atoms with Crippen molar-refractivity contribution in [2.45, 2.75) is 115 Å². The molecule has 0 atom stereocenters. The molecule has 0 spiro atoms. The van der Waals surface area contributed by atoms with Gasteiger partial charge in [-0.15, -0.1) is 0 Å². The summed E-state index contributed by atoms with van der Waals surface area (Å²) >= 11 is 0. The molecule has 1 aromatic rings. The molecule has 31 heavy (non-hydrogen) atoms. The van der Waals surface area contributed by atoms with Gasteiger partial charge in [0.2, 0.25) is 0 Å². The third-order valence-electron chi connectivity index (χ3n) is 7.36. The van der Waals surface area contributed by atoms with Crippen molar-refractivity contribution < 1.29 is 0 Å². The van der Waals surface area contributed by atoms with Crippen LogP contribution in [0, 0.1) is 0 Å². The first kappa shape index (κ1) is 24.5. The Hall–Kier alpha value is -1.13. The summed E-state index contributed by atoms with van der Waals surface area (Å²) in [5.41, 5.74) is 6.42. The third kappa shape index (κ3) is 6.44. The molecule has 2 fully saturated rings. The Morgan fingerprint density at radius 2 is 1.42 bits per heavy atom. The van der Waals surface area contributed by atoms with E-state index in [2.05, 4.69) is 70.7 Å². The van der Waals surface area contributed by atoms with Crippen molar-refractivity contribution in [3.05, 3.63) is 65.8 Å². The van der Waals surface area contributed by atoms with Crippen molar-refractivity contribution >= 4 is 13.2 Å². The maximum atomic E-state index is 3.92. The summed E-state index contributed by atoms with van der Waals surface area (Å²) in [4.78, 5) is 0. The normalized spacial score (nSPS) is 19.8. The molecule has 0 saturated heterocycles. The fraction of sp³-hybridized carbons (Fsp3) is 0.600. The molecule has 3 rings (SSSR count). The lowest BCUT2D eigenvalue weighted by atomic mass is 9.91. The molecular formula is C30H45P. The van der Waals surface area contributed by atoms with Crippen LogP contribution in [-0.2, 0) is 0 Å². The molecule has 0 aliphatic heterocycles. The average Bonchev–Trinajstić information content (AvgIpc) is 2.79. The van der Waals surface area contributed by atoms with Crippen LogP contribution in [-0.4, -0.2) is 11.3 Å². The van der Waals surface area contributed by atoms with Crippen LogP contribution in [0.2, 0.25) is 0 Å². The van der Waals surface area contributed by atoms with Crippen LogP contribution < -0.4 is 0 Å². The molecule has 170 valence electrons. The SMILES string of the molecule is C=C/C=C\C=C(\c1ccc(C(C)C)cc1C(C)C)P(C1CCCCC1)C1CCCCC1. The Morgan fingerprint density at radius 3 is 1.90 bits per heavy atom. The highest BCUT2D eigenvalue weighted by molar-refractivity contribution is 7.69. The first-order valence-corrected chi connectivity index (χ1v) is 14.4. The van der Waals surface area contributed by atoms with Gasteiger partial charge in [-0.25, -0.2) is 0 Å². The number of benzene rings is 1. The molecule has 0 aromatic heterocycles. The third-order valence-corrected chi connectivity index (χ3v) is 10.9. The molecule has 0 amide bonds. The van der Waals surface area contributed by atoms with E-state index in [1.165, 1.54) is 69.8 Å². The number of hydrogen-bond donors (Lipinski definition) is 0. The van der Waals surface area contributed by atoms with Gasteiger partial charge in [0.1, 0.15) is 0 Å². The van der Waals surface area contributed by atoms with Gasteiger partial charge in [0, 0.05) is 0 Å². The van der Waals surface area contributed by atoms with Gasteiger partial charge >= 0.3 is 0 Å². The van der Waals surface area contributed by atoms with Gasteiger partial charge in [-0.05, 0) is 70.8 Å². The molecule has 0 bridgehead atoms. The fourth-order valence-electron chi connectivity index (χ4n) is 5.60. The molecule has 1 aromatic carbocycles. The summed E-state index contributed by atoms with van der Waals surface area (Å²) in [7, 11) is -0.144. The highest BCUT2D eigenvalue weighted by Gasteiger charge is 2.34. The van der Waals surface area contributed by atoms with E-state index in [0.717, 1.165) is 11.3 Å². The van der Waals surface area contributed by atoms with E-state index >= 15 is 0 Å². The predicted molar refractivity (Wildman–Crippen MR) is 143 cm³/mol. The predicted octanol–water partition coefficient (Wildman–Crippen LogP) is 10.2. The fourth-order valence-corrected chi connectivity index (χ4v) is 9.57. The van der Waals surface area contributed by atoms with Gasteiger partial charge in [0.15, 0.2) is 0 Å². The Morgan fingerprint density at radius 1 is 0.839 bits per heavy atom. The Bertz CT molecular complexity index is 737. The zero-order valence-corrected chi connectivity index (χ0v) is 21.5. The molecule has 0 heterocycles. The molecule has 0 N–H and O–H groups in total. The van der Waals surface area contributed by atoms with E-state index in [0.29, 0.717) is 11.8 Å². The highest BCUT2D eigenvalue weighted by Crippen LogP contribution is 2.64. The minimum absolute atomic E-state index is 0.144. The van der Waals surface area contributed by atoms with E-state index in [9.17, 15) is 0 Å². The van der Waals surface area contributed by atoms with Crippen molar-refractivity contribution in [1.29, 1.82) is 0 Å². The lowest BCUT2D eigenvalue weighted by Crippen LogP contribution is -2.21. The van der Waals surface area contributed by atoms with Crippen molar-refractivity contribution in [3.8, 4) is 0 Å². The molecule has 2 aliphatic carbocycles. The summed E-state index contributed by atoms with van der Waals surface area (Å²) < 4.78 is 0. The van der Waals surface area contributed by atoms with Gasteiger partial charge in [0.05, 0.1) is 0 Å². The Labute approximate surface area is 194 Å². The molecule has 2 saturated carbocycles. The van der Waals surface area contributed by atoms with Crippen LogP contribution in [0.15, 0.2) is 49.1 Å². The lowest BCUT2D eigenvalue weighted by molar-refractivity contribution is 0.487. The monoisotopic (exact) mass is 436 g/mol. The van der Waals surface area contributed by atoms with Crippen molar-refractivity contribution in [3.63, 3.8) is 0 Å². The molecular weight excluding hydrogens is 391 g/mol. The summed E-state index contributed by atoms with van der Waals surface area (Å²) in [6.07, 6.45) is 23.2. The molecule has 2 aliphatic rings. The Kier molecular flexibility index (Phi) is 9.65. The molecule has 0 radical (unpaired) electrons. The first-order valence-electron chi connectivity index (χ1n) is 12.9. The van der Waals surface area contributed by atoms with E-state index in [4.69, 9.17) is 0 Å². The Balaban J connectivity index is 2.12. The van der Waals surface area contributed by atoms with E-state index in [-0.39, 0.29) is 7.92 Å². The van der Waals surface area contributed by atoms with Crippen molar-refractivity contribution in [2.24, 2.45) is 0 Å². The highest BCUT2D eigenvalue weighted by atomic mass is 31.1. The minimum Gasteiger partial charge on any atom is -0.0991 e. The van der Waals surface area contributed by atoms with Crippen LogP contribution in [0.4, 0.5) is 0 Å². The van der Waals surface area contributed by atoms with Gasteiger partial charge in [0.25, 0.3) is 0 Å². The van der Waals surface area contributed by atoms with Crippen molar-refractivity contribution in [1.82, 2.24) is 0 Å². The quantitative estimate of drug-likeness (QED) is 0.281. The van der Waals surface area contributed by atoms with Gasteiger partial charge in [-0.1, -0.05) is 123 Å². The van der Waals surface area contributed by atoms with E-state index in [1.54, 1.807) is 16.4 Å². The number of rotatable bonds is 8. The summed E-state index contributed by atoms with van der Waals surface area (Å²) in [6, 6.07) is 7.41. The van der Waals surface area contributed by atoms with Gasteiger partial charge < -0.3 is 0 Å².